The number of Topliss-reactive ketones (excluding diaryl/α,β-unsaturated/α-hetero) is 1. The Kier molecular flexibility index (Phi) is 3.99. The van der Waals surface area contributed by atoms with E-state index >= 15 is 0 Å². The molecule has 2 aromatic carbocycles. The molecule has 2 aliphatic heterocycles. The highest BCUT2D eigenvalue weighted by Gasteiger charge is 2.37. The molecule has 0 aromatic heterocycles. The maximum absolute atomic E-state index is 12.9. The SMILES string of the molecule is CC(=O)c1ccc2c(c1)N(C(=O)CN1C(=O)c3ccccc3C1=O)CCO2. The molecule has 27 heavy (non-hydrogen) atoms. The molecule has 0 aliphatic carbocycles. The van der Waals surface area contributed by atoms with Crippen LogP contribution in [0.1, 0.15) is 38.0 Å². The normalized spacial score (nSPS) is 15.3. The van der Waals surface area contributed by atoms with Crippen molar-refractivity contribution in [2.24, 2.45) is 0 Å². The Hall–Kier alpha value is -3.48. The van der Waals surface area contributed by atoms with E-state index in [2.05, 4.69) is 0 Å². The number of amides is 3. The molecule has 4 rings (SSSR count). The number of anilines is 1. The fraction of sp³-hybridized carbons (Fsp3) is 0.200. The number of carbonyl (C=O) groups is 4. The van der Waals surface area contributed by atoms with Crippen molar-refractivity contribution in [3.8, 4) is 5.75 Å². The van der Waals surface area contributed by atoms with Gasteiger partial charge in [0.25, 0.3) is 11.8 Å². The standard InChI is InChI=1S/C20H16N2O5/c1-12(23)13-6-7-17-16(10-13)21(8-9-27-17)18(24)11-22-19(25)14-4-2-3-5-15(14)20(22)26/h2-7,10H,8-9,11H2,1H3. The van der Waals surface area contributed by atoms with Crippen LogP contribution in [0.2, 0.25) is 0 Å². The zero-order chi connectivity index (χ0) is 19.1. The van der Waals surface area contributed by atoms with E-state index in [1.165, 1.54) is 11.8 Å². The minimum atomic E-state index is -0.477. The Morgan fingerprint density at radius 2 is 1.70 bits per heavy atom. The van der Waals surface area contributed by atoms with Gasteiger partial charge in [0.05, 0.1) is 23.4 Å². The maximum atomic E-state index is 12.9. The van der Waals surface area contributed by atoms with E-state index in [1.54, 1.807) is 42.5 Å². The lowest BCUT2D eigenvalue weighted by Crippen LogP contribution is -2.45. The third-order valence-corrected chi connectivity index (χ3v) is 4.70. The van der Waals surface area contributed by atoms with Gasteiger partial charge in [0.15, 0.2) is 5.78 Å². The van der Waals surface area contributed by atoms with Gasteiger partial charge >= 0.3 is 0 Å². The Labute approximate surface area is 155 Å². The number of rotatable bonds is 3. The lowest BCUT2D eigenvalue weighted by Gasteiger charge is -2.30. The molecule has 136 valence electrons. The third-order valence-electron chi connectivity index (χ3n) is 4.70. The van der Waals surface area contributed by atoms with E-state index in [0.29, 0.717) is 34.7 Å². The maximum Gasteiger partial charge on any atom is 0.262 e. The lowest BCUT2D eigenvalue weighted by atomic mass is 10.1. The predicted octanol–water partition coefficient (Wildman–Crippen LogP) is 1.91. The van der Waals surface area contributed by atoms with Crippen LogP contribution in [0.5, 0.6) is 5.75 Å². The van der Waals surface area contributed by atoms with Crippen molar-refractivity contribution in [1.82, 2.24) is 4.90 Å². The second-order valence-corrected chi connectivity index (χ2v) is 6.37. The molecule has 0 atom stereocenters. The number of imide groups is 1. The van der Waals surface area contributed by atoms with Gasteiger partial charge in [-0.3, -0.25) is 24.1 Å². The summed E-state index contributed by atoms with van der Waals surface area (Å²) in [4.78, 5) is 51.9. The molecule has 7 heteroatoms. The quantitative estimate of drug-likeness (QED) is 0.614. The van der Waals surface area contributed by atoms with Gasteiger partial charge in [-0.05, 0) is 37.3 Å². The molecule has 7 nitrogen and oxygen atoms in total. The summed E-state index contributed by atoms with van der Waals surface area (Å²) in [5, 5.41) is 0. The number of fused-ring (bicyclic) bond motifs is 2. The number of hydrogen-bond acceptors (Lipinski definition) is 5. The minimum absolute atomic E-state index is 0.129. The average molecular weight is 364 g/mol. The number of carbonyl (C=O) groups excluding carboxylic acids is 4. The fourth-order valence-electron chi connectivity index (χ4n) is 3.30. The zero-order valence-corrected chi connectivity index (χ0v) is 14.6. The van der Waals surface area contributed by atoms with E-state index in [-0.39, 0.29) is 18.9 Å². The van der Waals surface area contributed by atoms with Gasteiger partial charge in [0, 0.05) is 5.56 Å². The zero-order valence-electron chi connectivity index (χ0n) is 14.6. The van der Waals surface area contributed by atoms with E-state index in [9.17, 15) is 19.2 Å². The van der Waals surface area contributed by atoms with Crippen molar-refractivity contribution in [1.29, 1.82) is 0 Å². The summed E-state index contributed by atoms with van der Waals surface area (Å²) in [6, 6.07) is 11.4. The summed E-state index contributed by atoms with van der Waals surface area (Å²) in [5.41, 5.74) is 1.53. The monoisotopic (exact) mass is 364 g/mol. The first kappa shape index (κ1) is 17.0. The van der Waals surface area contributed by atoms with Gasteiger partial charge in [-0.15, -0.1) is 0 Å². The van der Waals surface area contributed by atoms with Gasteiger partial charge in [-0.2, -0.15) is 0 Å². The van der Waals surface area contributed by atoms with Crippen molar-refractivity contribution in [2.45, 2.75) is 6.92 Å². The average Bonchev–Trinajstić information content (AvgIpc) is 2.92. The summed E-state index contributed by atoms with van der Waals surface area (Å²) in [5.74, 6) is -1.00. The molecular formula is C20H16N2O5. The Bertz CT molecular complexity index is 963. The van der Waals surface area contributed by atoms with Gasteiger partial charge in [-0.1, -0.05) is 12.1 Å². The van der Waals surface area contributed by atoms with Crippen LogP contribution in [0, 0.1) is 0 Å². The third kappa shape index (κ3) is 2.77. The molecule has 2 heterocycles. The van der Waals surface area contributed by atoms with E-state index < -0.39 is 17.7 Å². The Morgan fingerprint density at radius 1 is 1.04 bits per heavy atom. The topological polar surface area (TPSA) is 84.0 Å². The summed E-state index contributed by atoms with van der Waals surface area (Å²) in [6.07, 6.45) is 0. The number of nitrogens with zero attached hydrogens (tertiary/aromatic N) is 2. The van der Waals surface area contributed by atoms with Crippen LogP contribution >= 0.6 is 0 Å². The molecule has 0 spiro atoms. The van der Waals surface area contributed by atoms with E-state index in [0.717, 1.165) is 4.90 Å². The van der Waals surface area contributed by atoms with Crippen LogP contribution in [-0.2, 0) is 4.79 Å². The molecule has 0 radical (unpaired) electrons. The van der Waals surface area contributed by atoms with Crippen molar-refractivity contribution in [3.05, 3.63) is 59.2 Å². The Balaban J connectivity index is 1.61. The molecule has 0 N–H and O–H groups in total. The van der Waals surface area contributed by atoms with Gasteiger partial charge in [0.1, 0.15) is 18.9 Å². The van der Waals surface area contributed by atoms with Crippen molar-refractivity contribution < 1.29 is 23.9 Å². The number of ether oxygens (including phenoxy) is 1. The predicted molar refractivity (Wildman–Crippen MR) is 96.1 cm³/mol. The van der Waals surface area contributed by atoms with Crippen LogP contribution < -0.4 is 9.64 Å². The molecule has 0 fully saturated rings. The summed E-state index contributed by atoms with van der Waals surface area (Å²) >= 11 is 0. The Morgan fingerprint density at radius 3 is 2.33 bits per heavy atom. The highest BCUT2D eigenvalue weighted by molar-refractivity contribution is 6.22. The molecule has 0 unspecified atom stereocenters. The van der Waals surface area contributed by atoms with Crippen LogP contribution in [0.4, 0.5) is 5.69 Å². The molecule has 0 bridgehead atoms. The highest BCUT2D eigenvalue weighted by Crippen LogP contribution is 2.33. The largest absolute Gasteiger partial charge is 0.490 e. The molecule has 0 saturated heterocycles. The second-order valence-electron chi connectivity index (χ2n) is 6.37. The molecule has 2 aliphatic rings. The van der Waals surface area contributed by atoms with Crippen LogP contribution in [-0.4, -0.2) is 48.1 Å². The van der Waals surface area contributed by atoms with Crippen LogP contribution in [0.25, 0.3) is 0 Å². The first-order valence-corrected chi connectivity index (χ1v) is 8.51. The van der Waals surface area contributed by atoms with Crippen molar-refractivity contribution >= 4 is 29.2 Å². The second kappa shape index (κ2) is 6.35. The summed E-state index contributed by atoms with van der Waals surface area (Å²) in [6.45, 7) is 1.64. The van der Waals surface area contributed by atoms with Gasteiger partial charge in [-0.25, -0.2) is 0 Å². The smallest absolute Gasteiger partial charge is 0.262 e. The first-order valence-electron chi connectivity index (χ1n) is 8.51. The van der Waals surface area contributed by atoms with Crippen molar-refractivity contribution in [2.75, 3.05) is 24.6 Å². The van der Waals surface area contributed by atoms with Gasteiger partial charge < -0.3 is 9.64 Å². The molecule has 2 aromatic rings. The first-order chi connectivity index (χ1) is 13.0. The molecular weight excluding hydrogens is 348 g/mol. The van der Waals surface area contributed by atoms with E-state index in [4.69, 9.17) is 4.74 Å². The number of ketones is 1. The summed E-state index contributed by atoms with van der Waals surface area (Å²) < 4.78 is 5.55. The summed E-state index contributed by atoms with van der Waals surface area (Å²) in [7, 11) is 0. The van der Waals surface area contributed by atoms with Crippen LogP contribution in [0.3, 0.4) is 0 Å². The van der Waals surface area contributed by atoms with E-state index in [1.807, 2.05) is 0 Å². The highest BCUT2D eigenvalue weighted by atomic mass is 16.5. The van der Waals surface area contributed by atoms with Crippen LogP contribution in [0.15, 0.2) is 42.5 Å². The number of hydrogen-bond donors (Lipinski definition) is 0. The molecule has 3 amide bonds. The minimum Gasteiger partial charge on any atom is -0.490 e. The lowest BCUT2D eigenvalue weighted by molar-refractivity contribution is -0.119. The van der Waals surface area contributed by atoms with Gasteiger partial charge in [0.2, 0.25) is 5.91 Å². The number of benzene rings is 2. The molecule has 0 saturated carbocycles. The fourth-order valence-corrected chi connectivity index (χ4v) is 3.30. The van der Waals surface area contributed by atoms with Crippen molar-refractivity contribution in [3.63, 3.8) is 0 Å².